The topological polar surface area (TPSA) is 78.6 Å². The normalized spacial score (nSPS) is 17.6. The predicted octanol–water partition coefficient (Wildman–Crippen LogP) is 0.960. The molecule has 7 heteroatoms. The minimum Gasteiger partial charge on any atom is -0.444 e. The fourth-order valence-corrected chi connectivity index (χ4v) is 1.36. The number of hydrogen-bond donors (Lipinski definition) is 1. The average Bonchev–Trinajstić information content (AvgIpc) is 3.17. The molecule has 1 saturated heterocycles. The molecule has 0 aromatic rings. The Morgan fingerprint density at radius 1 is 1.10 bits per heavy atom. The highest BCUT2D eigenvalue weighted by Gasteiger charge is 2.21. The Bertz CT molecular complexity index is 288. The molecule has 1 atom stereocenters. The first-order valence-corrected chi connectivity index (χ1v) is 7.29. The van der Waals surface area contributed by atoms with Gasteiger partial charge in [-0.05, 0) is 20.8 Å². The minimum absolute atomic E-state index is 0.297. The van der Waals surface area contributed by atoms with E-state index >= 15 is 0 Å². The molecule has 0 bridgehead atoms. The molecule has 124 valence electrons. The summed E-state index contributed by atoms with van der Waals surface area (Å²) in [6.45, 7) is 9.88. The molecule has 0 aliphatic carbocycles. The number of carbonyl (C=O) groups excluding carboxylic acids is 1. The fourth-order valence-electron chi connectivity index (χ4n) is 1.36. The fraction of sp³-hybridized carbons (Fsp3) is 0.929. The molecule has 0 aromatic carbocycles. The van der Waals surface area contributed by atoms with E-state index in [1.165, 1.54) is 0 Å². The minimum atomic E-state index is -0.480. The molecule has 0 saturated carbocycles. The first kappa shape index (κ1) is 18.2. The summed E-state index contributed by atoms with van der Waals surface area (Å²) < 4.78 is 26.1. The van der Waals surface area contributed by atoms with Crippen LogP contribution in [-0.2, 0) is 23.7 Å². The molecular formula is C14H27NO6. The van der Waals surface area contributed by atoms with E-state index in [9.17, 15) is 4.79 Å². The summed E-state index contributed by atoms with van der Waals surface area (Å²) in [4.78, 5) is 11.3. The third-order valence-electron chi connectivity index (χ3n) is 2.36. The van der Waals surface area contributed by atoms with Gasteiger partial charge < -0.3 is 29.0 Å². The lowest BCUT2D eigenvalue weighted by atomic mass is 10.2. The van der Waals surface area contributed by atoms with Crippen molar-refractivity contribution >= 4 is 6.09 Å². The van der Waals surface area contributed by atoms with Gasteiger partial charge in [0.25, 0.3) is 0 Å². The summed E-state index contributed by atoms with van der Waals surface area (Å²) in [5, 5.41) is 2.62. The molecule has 0 aromatic heterocycles. The van der Waals surface area contributed by atoms with Crippen LogP contribution in [0.1, 0.15) is 20.8 Å². The lowest BCUT2D eigenvalue weighted by Gasteiger charge is -2.19. The van der Waals surface area contributed by atoms with Crippen molar-refractivity contribution < 1.29 is 28.5 Å². The summed E-state index contributed by atoms with van der Waals surface area (Å²) in [6, 6.07) is 0. The third-order valence-corrected chi connectivity index (χ3v) is 2.36. The molecule has 1 fully saturated rings. The SMILES string of the molecule is CC(C)(C)OC(=O)NCCOCCOCCOCC1CO1. The number of carbonyl (C=O) groups is 1. The summed E-state index contributed by atoms with van der Waals surface area (Å²) in [7, 11) is 0. The highest BCUT2D eigenvalue weighted by Crippen LogP contribution is 2.08. The maximum atomic E-state index is 11.3. The van der Waals surface area contributed by atoms with Crippen LogP contribution in [0.2, 0.25) is 0 Å². The maximum Gasteiger partial charge on any atom is 0.407 e. The second kappa shape index (κ2) is 9.94. The Morgan fingerprint density at radius 2 is 1.67 bits per heavy atom. The van der Waals surface area contributed by atoms with Crippen molar-refractivity contribution in [3.63, 3.8) is 0 Å². The lowest BCUT2D eigenvalue weighted by Crippen LogP contribution is -2.34. The van der Waals surface area contributed by atoms with Crippen LogP contribution in [0.4, 0.5) is 4.79 Å². The second-order valence-electron chi connectivity index (χ2n) is 5.68. The molecule has 1 amide bonds. The van der Waals surface area contributed by atoms with Gasteiger partial charge >= 0.3 is 6.09 Å². The Balaban J connectivity index is 1.74. The Labute approximate surface area is 126 Å². The zero-order valence-electron chi connectivity index (χ0n) is 13.2. The maximum absolute atomic E-state index is 11.3. The third kappa shape index (κ3) is 12.6. The van der Waals surface area contributed by atoms with E-state index in [0.29, 0.717) is 52.3 Å². The number of amides is 1. The molecule has 1 aliphatic heterocycles. The lowest BCUT2D eigenvalue weighted by molar-refractivity contribution is 0.0114. The molecular weight excluding hydrogens is 278 g/mol. The zero-order chi connectivity index (χ0) is 15.6. The van der Waals surface area contributed by atoms with Gasteiger partial charge in [-0.25, -0.2) is 4.79 Å². The summed E-state index contributed by atoms with van der Waals surface area (Å²) >= 11 is 0. The van der Waals surface area contributed by atoms with Crippen LogP contribution in [0.3, 0.4) is 0 Å². The van der Waals surface area contributed by atoms with E-state index in [1.54, 1.807) is 0 Å². The van der Waals surface area contributed by atoms with E-state index in [2.05, 4.69) is 5.32 Å². The Morgan fingerprint density at radius 3 is 2.24 bits per heavy atom. The van der Waals surface area contributed by atoms with Crippen LogP contribution in [0, 0.1) is 0 Å². The predicted molar refractivity (Wildman–Crippen MR) is 76.4 cm³/mol. The largest absolute Gasteiger partial charge is 0.444 e. The van der Waals surface area contributed by atoms with Crippen LogP contribution in [-0.4, -0.2) is 70.6 Å². The van der Waals surface area contributed by atoms with E-state index < -0.39 is 11.7 Å². The number of epoxide rings is 1. The second-order valence-corrected chi connectivity index (χ2v) is 5.68. The van der Waals surface area contributed by atoms with Crippen molar-refractivity contribution in [3.05, 3.63) is 0 Å². The summed E-state index contributed by atoms with van der Waals surface area (Å²) in [6.07, 6.45) is -0.134. The molecule has 1 unspecified atom stereocenters. The van der Waals surface area contributed by atoms with Crippen LogP contribution in [0.25, 0.3) is 0 Å². The number of nitrogens with one attached hydrogen (secondary N) is 1. The molecule has 1 aliphatic rings. The van der Waals surface area contributed by atoms with Crippen LogP contribution in [0.15, 0.2) is 0 Å². The van der Waals surface area contributed by atoms with Crippen molar-refractivity contribution in [2.24, 2.45) is 0 Å². The van der Waals surface area contributed by atoms with Gasteiger partial charge in [-0.15, -0.1) is 0 Å². The monoisotopic (exact) mass is 305 g/mol. The van der Waals surface area contributed by atoms with Gasteiger partial charge in [0.2, 0.25) is 0 Å². The van der Waals surface area contributed by atoms with E-state index in [-0.39, 0.29) is 0 Å². The first-order chi connectivity index (χ1) is 9.97. The van der Waals surface area contributed by atoms with Crippen molar-refractivity contribution in [2.45, 2.75) is 32.5 Å². The van der Waals surface area contributed by atoms with Gasteiger partial charge in [0.1, 0.15) is 11.7 Å². The Hall–Kier alpha value is -0.890. The molecule has 1 heterocycles. The smallest absolute Gasteiger partial charge is 0.407 e. The van der Waals surface area contributed by atoms with Gasteiger partial charge in [0.15, 0.2) is 0 Å². The van der Waals surface area contributed by atoms with Gasteiger partial charge in [-0.2, -0.15) is 0 Å². The molecule has 7 nitrogen and oxygen atoms in total. The van der Waals surface area contributed by atoms with Crippen molar-refractivity contribution in [2.75, 3.05) is 52.8 Å². The standard InChI is InChI=1S/C14H27NO6/c1-14(2,3)21-13(16)15-4-5-17-6-7-18-8-9-19-10-12-11-20-12/h12H,4-11H2,1-3H3,(H,15,16). The quantitative estimate of drug-likeness (QED) is 0.452. The Kier molecular flexibility index (Phi) is 8.60. The summed E-state index contributed by atoms with van der Waals surface area (Å²) in [5.41, 5.74) is -0.480. The number of alkyl carbamates (subject to hydrolysis) is 1. The van der Waals surface area contributed by atoms with E-state index in [4.69, 9.17) is 23.7 Å². The van der Waals surface area contributed by atoms with Crippen molar-refractivity contribution in [1.82, 2.24) is 5.32 Å². The molecule has 1 rings (SSSR count). The van der Waals surface area contributed by atoms with Crippen molar-refractivity contribution in [1.29, 1.82) is 0 Å². The average molecular weight is 305 g/mol. The molecule has 1 N–H and O–H groups in total. The zero-order valence-corrected chi connectivity index (χ0v) is 13.2. The van der Waals surface area contributed by atoms with Crippen LogP contribution in [0.5, 0.6) is 0 Å². The van der Waals surface area contributed by atoms with Crippen LogP contribution < -0.4 is 5.32 Å². The number of hydrogen-bond acceptors (Lipinski definition) is 6. The van der Waals surface area contributed by atoms with Gasteiger partial charge in [0, 0.05) is 6.54 Å². The van der Waals surface area contributed by atoms with Gasteiger partial charge in [-0.1, -0.05) is 0 Å². The first-order valence-electron chi connectivity index (χ1n) is 7.29. The van der Waals surface area contributed by atoms with Crippen LogP contribution >= 0.6 is 0 Å². The highest BCUT2D eigenvalue weighted by atomic mass is 16.6. The van der Waals surface area contributed by atoms with Gasteiger partial charge in [-0.3, -0.25) is 0 Å². The molecule has 0 spiro atoms. The highest BCUT2D eigenvalue weighted by molar-refractivity contribution is 5.67. The van der Waals surface area contributed by atoms with Gasteiger partial charge in [0.05, 0.1) is 46.2 Å². The summed E-state index contributed by atoms with van der Waals surface area (Å²) in [5.74, 6) is 0. The molecule has 0 radical (unpaired) electrons. The van der Waals surface area contributed by atoms with Crippen molar-refractivity contribution in [3.8, 4) is 0 Å². The van der Waals surface area contributed by atoms with E-state index in [1.807, 2.05) is 20.8 Å². The number of ether oxygens (including phenoxy) is 5. The molecule has 21 heavy (non-hydrogen) atoms. The van der Waals surface area contributed by atoms with E-state index in [0.717, 1.165) is 6.61 Å². The number of rotatable bonds is 11.